The number of nitriles is 1. The van der Waals surface area contributed by atoms with Crippen molar-refractivity contribution in [2.24, 2.45) is 0 Å². The van der Waals surface area contributed by atoms with E-state index in [1.54, 1.807) is 18.0 Å². The quantitative estimate of drug-likeness (QED) is 0.716. The Morgan fingerprint density at radius 3 is 3.17 bits per heavy atom. The van der Waals surface area contributed by atoms with E-state index in [4.69, 9.17) is 9.68 Å². The van der Waals surface area contributed by atoms with Crippen LogP contribution in [0.15, 0.2) is 22.8 Å². The van der Waals surface area contributed by atoms with Crippen molar-refractivity contribution in [1.82, 2.24) is 0 Å². The van der Waals surface area contributed by atoms with Crippen LogP contribution < -0.4 is 0 Å². The summed E-state index contributed by atoms with van der Waals surface area (Å²) in [5.41, 5.74) is 0. The van der Waals surface area contributed by atoms with Crippen molar-refractivity contribution in [2.75, 3.05) is 0 Å². The van der Waals surface area contributed by atoms with Gasteiger partial charge in [0.2, 0.25) is 0 Å². The second-order valence-corrected chi connectivity index (χ2v) is 3.99. The van der Waals surface area contributed by atoms with Gasteiger partial charge >= 0.3 is 0 Å². The Hall–Kier alpha value is -0.880. The molecular formula is C9H11NOS. The van der Waals surface area contributed by atoms with Crippen LogP contribution in [-0.4, -0.2) is 5.25 Å². The Morgan fingerprint density at radius 1 is 1.75 bits per heavy atom. The van der Waals surface area contributed by atoms with Gasteiger partial charge in [-0.05, 0) is 12.1 Å². The van der Waals surface area contributed by atoms with E-state index in [9.17, 15) is 0 Å². The summed E-state index contributed by atoms with van der Waals surface area (Å²) < 4.78 is 5.16. The average molecular weight is 181 g/mol. The minimum absolute atomic E-state index is 0.389. The number of hydrogen-bond acceptors (Lipinski definition) is 3. The summed E-state index contributed by atoms with van der Waals surface area (Å²) in [6.07, 6.45) is 2.27. The fourth-order valence-corrected chi connectivity index (χ4v) is 1.61. The molecule has 1 aromatic rings. The van der Waals surface area contributed by atoms with E-state index in [0.717, 1.165) is 11.5 Å². The molecule has 1 rings (SSSR count). The summed E-state index contributed by atoms with van der Waals surface area (Å²) in [6, 6.07) is 5.98. The summed E-state index contributed by atoms with van der Waals surface area (Å²) in [5.74, 6) is 1.83. The summed E-state index contributed by atoms with van der Waals surface area (Å²) in [6.45, 7) is 2.05. The molecule has 1 aromatic heterocycles. The van der Waals surface area contributed by atoms with Crippen LogP contribution >= 0.6 is 11.8 Å². The molecule has 12 heavy (non-hydrogen) atoms. The standard InChI is InChI=1S/C9H11NOS/c1-8(4-5-10)12-7-9-3-2-6-11-9/h2-3,6,8H,4,7H2,1H3. The second kappa shape index (κ2) is 4.89. The molecule has 64 valence electrons. The molecule has 0 aliphatic carbocycles. The first kappa shape index (κ1) is 9.21. The van der Waals surface area contributed by atoms with E-state index >= 15 is 0 Å². The zero-order chi connectivity index (χ0) is 8.81. The van der Waals surface area contributed by atoms with Crippen LogP contribution in [0, 0.1) is 11.3 Å². The molecule has 2 nitrogen and oxygen atoms in total. The molecule has 0 bridgehead atoms. The smallest absolute Gasteiger partial charge is 0.113 e. The van der Waals surface area contributed by atoms with Gasteiger partial charge in [-0.1, -0.05) is 6.92 Å². The Labute approximate surface area is 76.6 Å². The van der Waals surface area contributed by atoms with Gasteiger partial charge in [0.05, 0.1) is 18.1 Å². The molecule has 1 heterocycles. The van der Waals surface area contributed by atoms with Crippen LogP contribution in [0.5, 0.6) is 0 Å². The van der Waals surface area contributed by atoms with Gasteiger partial charge in [0, 0.05) is 11.7 Å². The maximum atomic E-state index is 8.41. The third kappa shape index (κ3) is 3.02. The van der Waals surface area contributed by atoms with Crippen molar-refractivity contribution < 1.29 is 4.42 Å². The average Bonchev–Trinajstić information content (AvgIpc) is 2.53. The molecule has 3 heteroatoms. The molecule has 0 fully saturated rings. The highest BCUT2D eigenvalue weighted by molar-refractivity contribution is 7.99. The van der Waals surface area contributed by atoms with Crippen LogP contribution in [-0.2, 0) is 5.75 Å². The number of hydrogen-bond donors (Lipinski definition) is 0. The first-order valence-electron chi connectivity index (χ1n) is 3.84. The third-order valence-electron chi connectivity index (χ3n) is 1.47. The molecule has 1 unspecified atom stereocenters. The van der Waals surface area contributed by atoms with Gasteiger partial charge in [-0.15, -0.1) is 11.8 Å². The lowest BCUT2D eigenvalue weighted by molar-refractivity contribution is 0.530. The van der Waals surface area contributed by atoms with Gasteiger partial charge in [0.1, 0.15) is 5.76 Å². The molecule has 0 aromatic carbocycles. The predicted octanol–water partition coefficient (Wildman–Crippen LogP) is 2.81. The predicted molar refractivity (Wildman–Crippen MR) is 49.7 cm³/mol. The summed E-state index contributed by atoms with van der Waals surface area (Å²) in [7, 11) is 0. The summed E-state index contributed by atoms with van der Waals surface area (Å²) in [5, 5.41) is 8.80. The zero-order valence-electron chi connectivity index (χ0n) is 6.99. The van der Waals surface area contributed by atoms with Crippen LogP contribution in [0.4, 0.5) is 0 Å². The van der Waals surface area contributed by atoms with Crippen molar-refractivity contribution in [3.05, 3.63) is 24.2 Å². The van der Waals surface area contributed by atoms with E-state index in [-0.39, 0.29) is 0 Å². The summed E-state index contributed by atoms with van der Waals surface area (Å²) in [4.78, 5) is 0. The van der Waals surface area contributed by atoms with Crippen molar-refractivity contribution in [2.45, 2.75) is 24.3 Å². The van der Waals surface area contributed by atoms with E-state index < -0.39 is 0 Å². The first-order chi connectivity index (χ1) is 5.83. The van der Waals surface area contributed by atoms with Gasteiger partial charge in [-0.25, -0.2) is 0 Å². The van der Waals surface area contributed by atoms with Gasteiger partial charge in [-0.2, -0.15) is 5.26 Å². The molecule has 0 amide bonds. The highest BCUT2D eigenvalue weighted by Crippen LogP contribution is 2.19. The molecule has 0 aliphatic rings. The van der Waals surface area contributed by atoms with Gasteiger partial charge in [-0.3, -0.25) is 0 Å². The van der Waals surface area contributed by atoms with E-state index in [2.05, 4.69) is 13.0 Å². The number of furan rings is 1. The van der Waals surface area contributed by atoms with Crippen molar-refractivity contribution in [1.29, 1.82) is 5.26 Å². The normalized spacial score (nSPS) is 12.3. The SMILES string of the molecule is CC(CC#N)SCc1ccco1. The molecule has 0 N–H and O–H groups in total. The second-order valence-electron chi connectivity index (χ2n) is 2.56. The minimum Gasteiger partial charge on any atom is -0.468 e. The zero-order valence-corrected chi connectivity index (χ0v) is 7.80. The monoisotopic (exact) mass is 181 g/mol. The highest BCUT2D eigenvalue weighted by atomic mass is 32.2. The fourth-order valence-electron chi connectivity index (χ4n) is 0.807. The Balaban J connectivity index is 2.23. The lowest BCUT2D eigenvalue weighted by atomic mass is 10.4. The third-order valence-corrected chi connectivity index (χ3v) is 2.66. The lowest BCUT2D eigenvalue weighted by Gasteiger charge is -2.03. The van der Waals surface area contributed by atoms with Gasteiger partial charge in [0.15, 0.2) is 0 Å². The van der Waals surface area contributed by atoms with Crippen LogP contribution in [0.2, 0.25) is 0 Å². The molecule has 1 atom stereocenters. The molecule has 0 spiro atoms. The first-order valence-corrected chi connectivity index (χ1v) is 4.88. The number of nitrogens with zero attached hydrogens (tertiary/aromatic N) is 1. The molecule has 0 saturated carbocycles. The van der Waals surface area contributed by atoms with Crippen LogP contribution in [0.3, 0.4) is 0 Å². The maximum Gasteiger partial charge on any atom is 0.113 e. The summed E-state index contributed by atoms with van der Waals surface area (Å²) >= 11 is 1.74. The highest BCUT2D eigenvalue weighted by Gasteiger charge is 2.02. The Kier molecular flexibility index (Phi) is 3.75. The van der Waals surface area contributed by atoms with Crippen molar-refractivity contribution >= 4 is 11.8 Å². The van der Waals surface area contributed by atoms with Gasteiger partial charge < -0.3 is 4.42 Å². The van der Waals surface area contributed by atoms with E-state index in [0.29, 0.717) is 11.7 Å². The largest absolute Gasteiger partial charge is 0.468 e. The number of thioether (sulfide) groups is 1. The van der Waals surface area contributed by atoms with Crippen LogP contribution in [0.1, 0.15) is 19.1 Å². The molecular weight excluding hydrogens is 170 g/mol. The number of rotatable bonds is 4. The lowest BCUT2D eigenvalue weighted by Crippen LogP contribution is -1.93. The Bertz CT molecular complexity index is 250. The molecule has 0 saturated heterocycles. The maximum absolute atomic E-state index is 8.41. The Morgan fingerprint density at radius 2 is 2.58 bits per heavy atom. The molecule has 0 radical (unpaired) electrons. The van der Waals surface area contributed by atoms with Crippen molar-refractivity contribution in [3.8, 4) is 6.07 Å². The molecule has 0 aliphatic heterocycles. The van der Waals surface area contributed by atoms with Crippen LogP contribution in [0.25, 0.3) is 0 Å². The van der Waals surface area contributed by atoms with Crippen molar-refractivity contribution in [3.63, 3.8) is 0 Å². The van der Waals surface area contributed by atoms with Gasteiger partial charge in [0.25, 0.3) is 0 Å². The topological polar surface area (TPSA) is 36.9 Å². The van der Waals surface area contributed by atoms with E-state index in [1.165, 1.54) is 0 Å². The minimum atomic E-state index is 0.389. The fraction of sp³-hybridized carbons (Fsp3) is 0.444. The van der Waals surface area contributed by atoms with E-state index in [1.807, 2.05) is 12.1 Å².